The van der Waals surface area contributed by atoms with E-state index >= 15 is 0 Å². The van der Waals surface area contributed by atoms with Crippen LogP contribution in [0.25, 0.3) is 23.1 Å². The van der Waals surface area contributed by atoms with Crippen molar-refractivity contribution >= 4 is 0 Å². The van der Waals surface area contributed by atoms with Crippen molar-refractivity contribution in [3.63, 3.8) is 0 Å². The van der Waals surface area contributed by atoms with Gasteiger partial charge in [-0.15, -0.1) is 0 Å². The van der Waals surface area contributed by atoms with Crippen molar-refractivity contribution in [1.29, 1.82) is 0 Å². The summed E-state index contributed by atoms with van der Waals surface area (Å²) in [5.41, 5.74) is 1.28. The Morgan fingerprint density at radius 3 is 2.89 bits per heavy atom. The zero-order chi connectivity index (χ0) is 13.4. The average Bonchev–Trinajstić information content (AvgIpc) is 3.01. The first-order valence-corrected chi connectivity index (χ1v) is 5.77. The quantitative estimate of drug-likeness (QED) is 0.760. The molecule has 0 unspecified atom stereocenters. The number of aryl methyl sites for hydroxylation is 2. The molecule has 0 aliphatic carbocycles. The summed E-state index contributed by atoms with van der Waals surface area (Å²) in [5, 5.41) is 13.9. The van der Waals surface area contributed by atoms with Gasteiger partial charge in [-0.1, -0.05) is 17.3 Å². The molecule has 3 rings (SSSR count). The van der Waals surface area contributed by atoms with Crippen LogP contribution in [0.15, 0.2) is 35.1 Å². The summed E-state index contributed by atoms with van der Waals surface area (Å²) in [7, 11) is 1.85. The SMILES string of the molecule is Cc1cccc(-c2nc(-c3nccn3C)no2)c1O. The van der Waals surface area contributed by atoms with Crippen molar-refractivity contribution in [2.45, 2.75) is 6.92 Å². The Morgan fingerprint density at radius 1 is 1.32 bits per heavy atom. The minimum atomic E-state index is 0.151. The van der Waals surface area contributed by atoms with Crippen LogP contribution in [0.1, 0.15) is 5.56 Å². The van der Waals surface area contributed by atoms with Gasteiger partial charge in [0, 0.05) is 19.4 Å². The smallest absolute Gasteiger partial charge is 0.262 e. The number of rotatable bonds is 2. The van der Waals surface area contributed by atoms with E-state index in [0.29, 0.717) is 17.2 Å². The Balaban J connectivity index is 2.07. The molecule has 1 aromatic carbocycles. The van der Waals surface area contributed by atoms with Crippen LogP contribution in [-0.4, -0.2) is 24.8 Å². The van der Waals surface area contributed by atoms with Gasteiger partial charge in [0.15, 0.2) is 5.82 Å². The van der Waals surface area contributed by atoms with Crippen LogP contribution in [0, 0.1) is 6.92 Å². The maximum absolute atomic E-state index is 10.00. The fourth-order valence-electron chi connectivity index (χ4n) is 1.84. The summed E-state index contributed by atoms with van der Waals surface area (Å²) >= 11 is 0. The van der Waals surface area contributed by atoms with E-state index in [1.54, 1.807) is 23.0 Å². The maximum Gasteiger partial charge on any atom is 0.262 e. The van der Waals surface area contributed by atoms with Gasteiger partial charge in [0.1, 0.15) is 5.75 Å². The maximum atomic E-state index is 10.00. The summed E-state index contributed by atoms with van der Waals surface area (Å²) in [6.45, 7) is 1.81. The molecule has 3 aromatic rings. The molecule has 0 aliphatic rings. The molecule has 2 heterocycles. The third-order valence-corrected chi connectivity index (χ3v) is 2.92. The standard InChI is InChI=1S/C13H12N4O2/c1-8-4-3-5-9(10(8)18)13-15-11(16-19-13)12-14-6-7-17(12)2/h3-7,18H,1-2H3. The van der Waals surface area contributed by atoms with Gasteiger partial charge in [0.25, 0.3) is 5.89 Å². The van der Waals surface area contributed by atoms with Crippen molar-refractivity contribution in [2.75, 3.05) is 0 Å². The van der Waals surface area contributed by atoms with Crippen molar-refractivity contribution in [2.24, 2.45) is 7.05 Å². The first-order valence-electron chi connectivity index (χ1n) is 5.77. The largest absolute Gasteiger partial charge is 0.507 e. The normalized spacial score (nSPS) is 10.8. The molecule has 6 heteroatoms. The van der Waals surface area contributed by atoms with Crippen LogP contribution in [-0.2, 0) is 7.05 Å². The molecule has 0 saturated carbocycles. The Hall–Kier alpha value is -2.63. The molecule has 0 spiro atoms. The second-order valence-corrected chi connectivity index (χ2v) is 4.26. The Morgan fingerprint density at radius 2 is 2.16 bits per heavy atom. The van der Waals surface area contributed by atoms with E-state index in [1.165, 1.54) is 0 Å². The molecule has 0 atom stereocenters. The topological polar surface area (TPSA) is 77.0 Å². The fourth-order valence-corrected chi connectivity index (χ4v) is 1.84. The predicted molar refractivity (Wildman–Crippen MR) is 68.3 cm³/mol. The number of benzene rings is 1. The second kappa shape index (κ2) is 4.24. The Bertz CT molecular complexity index is 730. The van der Waals surface area contributed by atoms with E-state index in [1.807, 2.05) is 26.1 Å². The molecule has 0 aliphatic heterocycles. The second-order valence-electron chi connectivity index (χ2n) is 4.26. The van der Waals surface area contributed by atoms with Crippen LogP contribution >= 0.6 is 0 Å². The molecule has 0 radical (unpaired) electrons. The van der Waals surface area contributed by atoms with Crippen LogP contribution < -0.4 is 0 Å². The lowest BCUT2D eigenvalue weighted by Gasteiger charge is -2.01. The Kier molecular flexibility index (Phi) is 2.56. The minimum absolute atomic E-state index is 0.151. The predicted octanol–water partition coefficient (Wildman–Crippen LogP) is 2.15. The summed E-state index contributed by atoms with van der Waals surface area (Å²) in [6.07, 6.45) is 3.46. The number of aromatic nitrogens is 4. The van der Waals surface area contributed by atoms with Gasteiger partial charge >= 0.3 is 0 Å². The lowest BCUT2D eigenvalue weighted by molar-refractivity contribution is 0.424. The number of imidazole rings is 1. The highest BCUT2D eigenvalue weighted by molar-refractivity contribution is 5.65. The molecule has 0 saturated heterocycles. The minimum Gasteiger partial charge on any atom is -0.507 e. The zero-order valence-electron chi connectivity index (χ0n) is 10.5. The Labute approximate surface area is 109 Å². The summed E-state index contributed by atoms with van der Waals surface area (Å²) in [5.74, 6) is 1.43. The first-order chi connectivity index (χ1) is 9.16. The van der Waals surface area contributed by atoms with Gasteiger partial charge in [-0.3, -0.25) is 0 Å². The molecule has 19 heavy (non-hydrogen) atoms. The number of aromatic hydroxyl groups is 1. The number of hydrogen-bond donors (Lipinski definition) is 1. The number of para-hydroxylation sites is 1. The number of phenolic OH excluding ortho intramolecular Hbond substituents is 1. The van der Waals surface area contributed by atoms with E-state index in [9.17, 15) is 5.11 Å². The van der Waals surface area contributed by atoms with Gasteiger partial charge in [-0.25, -0.2) is 4.98 Å². The van der Waals surface area contributed by atoms with Gasteiger partial charge in [0.05, 0.1) is 5.56 Å². The highest BCUT2D eigenvalue weighted by Gasteiger charge is 2.16. The van der Waals surface area contributed by atoms with Gasteiger partial charge in [0.2, 0.25) is 5.82 Å². The molecular formula is C13H12N4O2. The van der Waals surface area contributed by atoms with Crippen molar-refractivity contribution in [3.8, 4) is 28.9 Å². The molecule has 0 fully saturated rings. The molecule has 0 amide bonds. The first kappa shape index (κ1) is 11.5. The number of phenols is 1. The van der Waals surface area contributed by atoms with Crippen LogP contribution in [0.4, 0.5) is 0 Å². The van der Waals surface area contributed by atoms with Crippen molar-refractivity contribution in [3.05, 3.63) is 36.2 Å². The van der Waals surface area contributed by atoms with Gasteiger partial charge in [-0.2, -0.15) is 4.98 Å². The van der Waals surface area contributed by atoms with Gasteiger partial charge in [-0.05, 0) is 18.6 Å². The molecule has 2 aromatic heterocycles. The summed E-state index contributed by atoms with van der Waals surface area (Å²) in [6, 6.07) is 5.38. The van der Waals surface area contributed by atoms with Gasteiger partial charge < -0.3 is 14.2 Å². The lowest BCUT2D eigenvalue weighted by Crippen LogP contribution is -1.92. The van der Waals surface area contributed by atoms with Crippen molar-refractivity contribution < 1.29 is 9.63 Å². The zero-order valence-corrected chi connectivity index (χ0v) is 10.5. The van der Waals surface area contributed by atoms with E-state index in [4.69, 9.17) is 4.52 Å². The molecule has 6 nitrogen and oxygen atoms in total. The highest BCUT2D eigenvalue weighted by atomic mass is 16.5. The molecular weight excluding hydrogens is 244 g/mol. The molecule has 96 valence electrons. The van der Waals surface area contributed by atoms with E-state index in [0.717, 1.165) is 5.56 Å². The van der Waals surface area contributed by atoms with E-state index in [2.05, 4.69) is 15.1 Å². The molecule has 1 N–H and O–H groups in total. The average molecular weight is 256 g/mol. The highest BCUT2D eigenvalue weighted by Crippen LogP contribution is 2.31. The summed E-state index contributed by atoms with van der Waals surface area (Å²) < 4.78 is 6.99. The van der Waals surface area contributed by atoms with E-state index in [-0.39, 0.29) is 11.6 Å². The third kappa shape index (κ3) is 1.87. The van der Waals surface area contributed by atoms with Crippen LogP contribution in [0.5, 0.6) is 5.75 Å². The van der Waals surface area contributed by atoms with Crippen LogP contribution in [0.3, 0.4) is 0 Å². The third-order valence-electron chi connectivity index (χ3n) is 2.92. The lowest BCUT2D eigenvalue weighted by atomic mass is 10.1. The van der Waals surface area contributed by atoms with Crippen LogP contribution in [0.2, 0.25) is 0 Å². The number of nitrogens with zero attached hydrogens (tertiary/aromatic N) is 4. The fraction of sp³-hybridized carbons (Fsp3) is 0.154. The van der Waals surface area contributed by atoms with E-state index < -0.39 is 0 Å². The molecule has 0 bridgehead atoms. The summed E-state index contributed by atoms with van der Waals surface area (Å²) in [4.78, 5) is 8.41. The monoisotopic (exact) mass is 256 g/mol. The van der Waals surface area contributed by atoms with Crippen molar-refractivity contribution in [1.82, 2.24) is 19.7 Å². The number of hydrogen-bond acceptors (Lipinski definition) is 5.